The third-order valence-electron chi connectivity index (χ3n) is 4.05. The number of benzene rings is 1. The summed E-state index contributed by atoms with van der Waals surface area (Å²) in [7, 11) is 0. The van der Waals surface area contributed by atoms with Crippen molar-refractivity contribution in [1.29, 1.82) is 0 Å². The maximum absolute atomic E-state index is 12.7. The van der Waals surface area contributed by atoms with Crippen molar-refractivity contribution in [3.8, 4) is 0 Å². The lowest BCUT2D eigenvalue weighted by Gasteiger charge is -2.04. The first-order valence-corrected chi connectivity index (χ1v) is 8.84. The number of carbonyl (C=O) groups is 2. The number of aromatic nitrogens is 2. The Bertz CT molecular complexity index is 1150. The first-order chi connectivity index (χ1) is 13.6. The molecule has 28 heavy (non-hydrogen) atoms. The Balaban J connectivity index is 1.62. The van der Waals surface area contributed by atoms with Gasteiger partial charge in [-0.15, -0.1) is 0 Å². The Morgan fingerprint density at radius 3 is 2.75 bits per heavy atom. The minimum Gasteiger partial charge on any atom is -0.467 e. The summed E-state index contributed by atoms with van der Waals surface area (Å²) >= 11 is 5.96. The smallest absolute Gasteiger partial charge is 0.292 e. The molecule has 8 heteroatoms. The van der Waals surface area contributed by atoms with Crippen molar-refractivity contribution < 1.29 is 14.0 Å². The number of furan rings is 1. The molecule has 0 saturated carbocycles. The Labute approximate surface area is 164 Å². The average molecular weight is 395 g/mol. The number of amides is 2. The number of hydrogen-bond acceptors (Lipinski definition) is 4. The van der Waals surface area contributed by atoms with Crippen molar-refractivity contribution in [1.82, 2.24) is 14.7 Å². The van der Waals surface area contributed by atoms with Crippen LogP contribution in [-0.2, 0) is 6.54 Å². The van der Waals surface area contributed by atoms with Gasteiger partial charge in [0.2, 0.25) is 5.82 Å². The zero-order chi connectivity index (χ0) is 19.5. The molecule has 0 unspecified atom stereocenters. The van der Waals surface area contributed by atoms with E-state index in [1.54, 1.807) is 65.2 Å². The quantitative estimate of drug-likeness (QED) is 0.539. The van der Waals surface area contributed by atoms with Gasteiger partial charge in [0.05, 0.1) is 18.3 Å². The van der Waals surface area contributed by atoms with E-state index in [1.807, 2.05) is 0 Å². The highest BCUT2D eigenvalue weighted by atomic mass is 35.5. The van der Waals surface area contributed by atoms with E-state index in [1.165, 1.54) is 6.26 Å². The molecule has 3 heterocycles. The van der Waals surface area contributed by atoms with Gasteiger partial charge in [-0.3, -0.25) is 14.0 Å². The largest absolute Gasteiger partial charge is 0.467 e. The van der Waals surface area contributed by atoms with Gasteiger partial charge in [0, 0.05) is 16.9 Å². The minimum atomic E-state index is -0.450. The third-order valence-corrected chi connectivity index (χ3v) is 4.29. The van der Waals surface area contributed by atoms with Crippen LogP contribution >= 0.6 is 11.6 Å². The Morgan fingerprint density at radius 1 is 1.07 bits per heavy atom. The van der Waals surface area contributed by atoms with Gasteiger partial charge in [-0.05, 0) is 42.5 Å². The molecule has 0 bridgehead atoms. The van der Waals surface area contributed by atoms with Crippen LogP contribution in [0.5, 0.6) is 0 Å². The van der Waals surface area contributed by atoms with Crippen LogP contribution in [0.25, 0.3) is 5.52 Å². The summed E-state index contributed by atoms with van der Waals surface area (Å²) in [5.41, 5.74) is 1.22. The number of fused-ring (bicyclic) bond motifs is 1. The van der Waals surface area contributed by atoms with Gasteiger partial charge >= 0.3 is 0 Å². The van der Waals surface area contributed by atoms with Gasteiger partial charge in [0.15, 0.2) is 5.69 Å². The van der Waals surface area contributed by atoms with Crippen molar-refractivity contribution in [3.63, 3.8) is 0 Å². The molecule has 2 N–H and O–H groups in total. The van der Waals surface area contributed by atoms with E-state index in [2.05, 4.69) is 15.6 Å². The second kappa shape index (κ2) is 7.58. The van der Waals surface area contributed by atoms with Crippen LogP contribution in [0.4, 0.5) is 5.69 Å². The van der Waals surface area contributed by atoms with E-state index >= 15 is 0 Å². The van der Waals surface area contributed by atoms with Crippen molar-refractivity contribution in [2.24, 2.45) is 0 Å². The van der Waals surface area contributed by atoms with Crippen LogP contribution in [-0.4, -0.2) is 21.2 Å². The number of imidazole rings is 1. The van der Waals surface area contributed by atoms with E-state index in [4.69, 9.17) is 16.0 Å². The number of pyridine rings is 1. The number of nitrogens with one attached hydrogen (secondary N) is 2. The molecule has 0 aliphatic rings. The van der Waals surface area contributed by atoms with E-state index < -0.39 is 11.8 Å². The minimum absolute atomic E-state index is 0.0960. The van der Waals surface area contributed by atoms with Gasteiger partial charge in [-0.1, -0.05) is 23.7 Å². The SMILES string of the molecule is O=C(NCc1ccco1)c1nc(C(=O)Nc2cccc(Cl)c2)n2ccccc12. The fourth-order valence-electron chi connectivity index (χ4n) is 2.78. The van der Waals surface area contributed by atoms with Gasteiger partial charge in [0.25, 0.3) is 11.8 Å². The molecule has 0 radical (unpaired) electrons. The molecule has 4 rings (SSSR count). The topological polar surface area (TPSA) is 88.6 Å². The number of anilines is 1. The molecule has 0 aliphatic carbocycles. The van der Waals surface area contributed by atoms with Gasteiger partial charge in [0.1, 0.15) is 5.76 Å². The second-order valence-corrected chi connectivity index (χ2v) is 6.40. The predicted octanol–water partition coefficient (Wildman–Crippen LogP) is 3.76. The summed E-state index contributed by atoms with van der Waals surface area (Å²) in [6.07, 6.45) is 3.21. The molecule has 2 amide bonds. The van der Waals surface area contributed by atoms with Crippen LogP contribution in [0.3, 0.4) is 0 Å². The van der Waals surface area contributed by atoms with Crippen LogP contribution in [0.15, 0.2) is 71.5 Å². The van der Waals surface area contributed by atoms with E-state index in [0.29, 0.717) is 22.0 Å². The molecular formula is C20H15ClN4O3. The van der Waals surface area contributed by atoms with Crippen LogP contribution in [0.1, 0.15) is 26.9 Å². The maximum atomic E-state index is 12.7. The first-order valence-electron chi connectivity index (χ1n) is 8.46. The highest BCUT2D eigenvalue weighted by Gasteiger charge is 2.21. The zero-order valence-electron chi connectivity index (χ0n) is 14.6. The lowest BCUT2D eigenvalue weighted by atomic mass is 10.3. The van der Waals surface area contributed by atoms with Gasteiger partial charge in [-0.25, -0.2) is 4.98 Å². The van der Waals surface area contributed by atoms with Crippen LogP contribution in [0.2, 0.25) is 5.02 Å². The monoisotopic (exact) mass is 394 g/mol. The fourth-order valence-corrected chi connectivity index (χ4v) is 2.97. The van der Waals surface area contributed by atoms with Crippen LogP contribution < -0.4 is 10.6 Å². The average Bonchev–Trinajstić information content (AvgIpc) is 3.34. The third kappa shape index (κ3) is 3.60. The molecule has 0 aliphatic heterocycles. The molecule has 4 aromatic rings. The molecule has 0 saturated heterocycles. The van der Waals surface area contributed by atoms with E-state index in [0.717, 1.165) is 0 Å². The number of halogens is 1. The first kappa shape index (κ1) is 17.8. The van der Waals surface area contributed by atoms with Crippen molar-refractivity contribution >= 4 is 34.6 Å². The summed E-state index contributed by atoms with van der Waals surface area (Å²) in [5, 5.41) is 5.99. The number of nitrogens with zero attached hydrogens (tertiary/aromatic N) is 2. The summed E-state index contributed by atoms with van der Waals surface area (Å²) in [6, 6.07) is 15.6. The molecular weight excluding hydrogens is 380 g/mol. The van der Waals surface area contributed by atoms with Crippen molar-refractivity contribution in [3.05, 3.63) is 89.4 Å². The number of rotatable bonds is 5. The van der Waals surface area contributed by atoms with E-state index in [-0.39, 0.29) is 18.1 Å². The summed E-state index contributed by atoms with van der Waals surface area (Å²) in [5.74, 6) is -0.134. The van der Waals surface area contributed by atoms with E-state index in [9.17, 15) is 9.59 Å². The summed E-state index contributed by atoms with van der Waals surface area (Å²) < 4.78 is 6.78. The maximum Gasteiger partial charge on any atom is 0.292 e. The number of hydrogen-bond donors (Lipinski definition) is 2. The second-order valence-electron chi connectivity index (χ2n) is 5.97. The molecule has 7 nitrogen and oxygen atoms in total. The Kier molecular flexibility index (Phi) is 4.82. The van der Waals surface area contributed by atoms with Crippen molar-refractivity contribution in [2.75, 3.05) is 5.32 Å². The summed E-state index contributed by atoms with van der Waals surface area (Å²) in [6.45, 7) is 0.224. The van der Waals surface area contributed by atoms with Gasteiger partial charge < -0.3 is 15.1 Å². The normalized spacial score (nSPS) is 10.8. The fraction of sp³-hybridized carbons (Fsp3) is 0.0500. The number of carbonyl (C=O) groups excluding carboxylic acids is 2. The molecule has 0 spiro atoms. The predicted molar refractivity (Wildman–Crippen MR) is 104 cm³/mol. The lowest BCUT2D eigenvalue weighted by Crippen LogP contribution is -2.23. The lowest BCUT2D eigenvalue weighted by molar-refractivity contribution is 0.0945. The Morgan fingerprint density at radius 2 is 1.96 bits per heavy atom. The van der Waals surface area contributed by atoms with Gasteiger partial charge in [-0.2, -0.15) is 0 Å². The van der Waals surface area contributed by atoms with Crippen LogP contribution in [0, 0.1) is 0 Å². The molecule has 0 atom stereocenters. The summed E-state index contributed by atoms with van der Waals surface area (Å²) in [4.78, 5) is 29.6. The standard InChI is InChI=1S/C20H15ClN4O3/c21-13-5-3-6-14(11-13)23-20(27)18-24-17(16-8-1-2-9-25(16)18)19(26)22-12-15-7-4-10-28-15/h1-11H,12H2,(H,22,26)(H,23,27). The highest BCUT2D eigenvalue weighted by molar-refractivity contribution is 6.31. The van der Waals surface area contributed by atoms with Crippen molar-refractivity contribution in [2.45, 2.75) is 6.54 Å². The molecule has 3 aromatic heterocycles. The Hall–Kier alpha value is -3.58. The highest BCUT2D eigenvalue weighted by Crippen LogP contribution is 2.18. The zero-order valence-corrected chi connectivity index (χ0v) is 15.3. The molecule has 1 aromatic carbocycles. The molecule has 140 valence electrons. The molecule has 0 fully saturated rings.